The number of nitrogens with zero attached hydrogens (tertiary/aromatic N) is 1. The van der Waals surface area contributed by atoms with Crippen LogP contribution in [0.3, 0.4) is 0 Å². The van der Waals surface area contributed by atoms with Crippen molar-refractivity contribution in [2.75, 3.05) is 6.54 Å². The second-order valence-electron chi connectivity index (χ2n) is 4.37. The van der Waals surface area contributed by atoms with Gasteiger partial charge in [-0.1, -0.05) is 0 Å². The van der Waals surface area contributed by atoms with Gasteiger partial charge in [0, 0.05) is 42.6 Å². The van der Waals surface area contributed by atoms with Crippen molar-refractivity contribution in [3.05, 3.63) is 40.2 Å². The molecule has 0 spiro atoms. The molecule has 2 heterocycles. The number of thiazole rings is 1. The Morgan fingerprint density at radius 3 is 3.41 bits per heavy atom. The standard InChI is InChI=1S/C13H16N2OS/c1-2-11(10-5-8-16-12(10)3-1)14-6-4-13-15-7-9-17-13/h5,7-9,11,14H,1-4,6H2. The van der Waals surface area contributed by atoms with Crippen molar-refractivity contribution >= 4 is 11.3 Å². The summed E-state index contributed by atoms with van der Waals surface area (Å²) in [5.74, 6) is 1.17. The molecular formula is C13H16N2OS. The molecule has 3 nitrogen and oxygen atoms in total. The molecule has 1 unspecified atom stereocenters. The quantitative estimate of drug-likeness (QED) is 0.904. The molecule has 4 heteroatoms. The predicted octanol–water partition coefficient (Wildman–Crippen LogP) is 2.95. The van der Waals surface area contributed by atoms with E-state index in [1.54, 1.807) is 11.3 Å². The highest BCUT2D eigenvalue weighted by atomic mass is 32.1. The fraction of sp³-hybridized carbons (Fsp3) is 0.462. The largest absolute Gasteiger partial charge is 0.469 e. The van der Waals surface area contributed by atoms with Crippen molar-refractivity contribution in [3.8, 4) is 0 Å². The third kappa shape index (κ3) is 2.42. The smallest absolute Gasteiger partial charge is 0.108 e. The van der Waals surface area contributed by atoms with E-state index in [0.717, 1.165) is 19.4 Å². The fourth-order valence-electron chi connectivity index (χ4n) is 2.43. The summed E-state index contributed by atoms with van der Waals surface area (Å²) in [5.41, 5.74) is 1.36. The van der Waals surface area contributed by atoms with Gasteiger partial charge in [-0.15, -0.1) is 11.3 Å². The highest BCUT2D eigenvalue weighted by Gasteiger charge is 2.21. The minimum absolute atomic E-state index is 0.470. The molecule has 1 aliphatic carbocycles. The van der Waals surface area contributed by atoms with Crippen molar-refractivity contribution in [3.63, 3.8) is 0 Å². The number of fused-ring (bicyclic) bond motifs is 1. The van der Waals surface area contributed by atoms with E-state index in [-0.39, 0.29) is 0 Å². The highest BCUT2D eigenvalue weighted by molar-refractivity contribution is 7.09. The van der Waals surface area contributed by atoms with Gasteiger partial charge in [-0.2, -0.15) is 0 Å². The number of hydrogen-bond acceptors (Lipinski definition) is 4. The molecular weight excluding hydrogens is 232 g/mol. The highest BCUT2D eigenvalue weighted by Crippen LogP contribution is 2.30. The summed E-state index contributed by atoms with van der Waals surface area (Å²) in [7, 11) is 0. The molecule has 2 aromatic rings. The lowest BCUT2D eigenvalue weighted by Crippen LogP contribution is -2.26. The maximum absolute atomic E-state index is 5.49. The summed E-state index contributed by atoms with van der Waals surface area (Å²) in [5, 5.41) is 6.85. The number of hydrogen-bond donors (Lipinski definition) is 1. The van der Waals surface area contributed by atoms with E-state index in [1.807, 2.05) is 17.8 Å². The second-order valence-corrected chi connectivity index (χ2v) is 5.35. The van der Waals surface area contributed by atoms with E-state index in [0.29, 0.717) is 6.04 Å². The van der Waals surface area contributed by atoms with Crippen LogP contribution in [0, 0.1) is 0 Å². The summed E-state index contributed by atoms with van der Waals surface area (Å²) >= 11 is 1.73. The number of nitrogens with one attached hydrogen (secondary N) is 1. The Morgan fingerprint density at radius 1 is 1.53 bits per heavy atom. The molecule has 0 aromatic carbocycles. The monoisotopic (exact) mass is 248 g/mol. The van der Waals surface area contributed by atoms with E-state index in [4.69, 9.17) is 4.42 Å². The number of furan rings is 1. The van der Waals surface area contributed by atoms with E-state index in [9.17, 15) is 0 Å². The van der Waals surface area contributed by atoms with Gasteiger partial charge in [0.1, 0.15) is 5.76 Å². The van der Waals surface area contributed by atoms with E-state index in [2.05, 4.69) is 16.4 Å². The van der Waals surface area contributed by atoms with Crippen molar-refractivity contribution in [1.82, 2.24) is 10.3 Å². The Balaban J connectivity index is 1.57. The van der Waals surface area contributed by atoms with Crippen LogP contribution in [-0.4, -0.2) is 11.5 Å². The van der Waals surface area contributed by atoms with Gasteiger partial charge in [0.25, 0.3) is 0 Å². The molecule has 1 aliphatic rings. The van der Waals surface area contributed by atoms with Gasteiger partial charge >= 0.3 is 0 Å². The first-order valence-corrected chi connectivity index (χ1v) is 6.99. The summed E-state index contributed by atoms with van der Waals surface area (Å²) in [4.78, 5) is 4.29. The topological polar surface area (TPSA) is 38.1 Å². The van der Waals surface area contributed by atoms with Crippen LogP contribution in [0.25, 0.3) is 0 Å². The van der Waals surface area contributed by atoms with E-state index in [1.165, 1.54) is 29.2 Å². The van der Waals surface area contributed by atoms with Crippen LogP contribution in [0.2, 0.25) is 0 Å². The molecule has 17 heavy (non-hydrogen) atoms. The van der Waals surface area contributed by atoms with Crippen LogP contribution in [0.15, 0.2) is 28.3 Å². The Bertz CT molecular complexity index is 463. The van der Waals surface area contributed by atoms with Crippen LogP contribution >= 0.6 is 11.3 Å². The zero-order valence-corrected chi connectivity index (χ0v) is 10.5. The molecule has 0 aliphatic heterocycles. The molecule has 1 atom stereocenters. The Labute approximate surface area is 105 Å². The van der Waals surface area contributed by atoms with Gasteiger partial charge in [-0.05, 0) is 18.9 Å². The molecule has 90 valence electrons. The number of aryl methyl sites for hydroxylation is 1. The van der Waals surface area contributed by atoms with E-state index >= 15 is 0 Å². The summed E-state index contributed by atoms with van der Waals surface area (Å²) < 4.78 is 5.49. The van der Waals surface area contributed by atoms with Gasteiger partial charge in [0.15, 0.2) is 0 Å². The first-order valence-electron chi connectivity index (χ1n) is 6.11. The Morgan fingerprint density at radius 2 is 2.53 bits per heavy atom. The van der Waals surface area contributed by atoms with E-state index < -0.39 is 0 Å². The van der Waals surface area contributed by atoms with Gasteiger partial charge in [0.05, 0.1) is 11.3 Å². The zero-order chi connectivity index (χ0) is 11.5. The number of rotatable bonds is 4. The fourth-order valence-corrected chi connectivity index (χ4v) is 3.05. The lowest BCUT2D eigenvalue weighted by molar-refractivity contribution is 0.413. The maximum Gasteiger partial charge on any atom is 0.108 e. The predicted molar refractivity (Wildman–Crippen MR) is 68.2 cm³/mol. The van der Waals surface area contributed by atoms with Gasteiger partial charge in [-0.3, -0.25) is 0 Å². The molecule has 1 N–H and O–H groups in total. The number of aromatic nitrogens is 1. The third-order valence-corrected chi connectivity index (χ3v) is 4.10. The Hall–Kier alpha value is -1.13. The molecule has 0 fully saturated rings. The minimum Gasteiger partial charge on any atom is -0.469 e. The van der Waals surface area contributed by atoms with Crippen molar-refractivity contribution < 1.29 is 4.42 Å². The SMILES string of the molecule is c1csc(CCNC2CCCc3occc32)n1. The molecule has 0 saturated heterocycles. The van der Waals surface area contributed by atoms with Crippen LogP contribution < -0.4 is 5.32 Å². The lowest BCUT2D eigenvalue weighted by atomic mass is 9.93. The van der Waals surface area contributed by atoms with Crippen molar-refractivity contribution in [1.29, 1.82) is 0 Å². The molecule has 0 radical (unpaired) electrons. The van der Waals surface area contributed by atoms with Crippen molar-refractivity contribution in [2.45, 2.75) is 31.7 Å². The van der Waals surface area contributed by atoms with Crippen LogP contribution in [0.5, 0.6) is 0 Å². The van der Waals surface area contributed by atoms with Gasteiger partial charge in [-0.25, -0.2) is 4.98 Å². The van der Waals surface area contributed by atoms with Crippen LogP contribution in [0.1, 0.15) is 35.2 Å². The molecule has 0 amide bonds. The first-order chi connectivity index (χ1) is 8.43. The van der Waals surface area contributed by atoms with Crippen molar-refractivity contribution in [2.24, 2.45) is 0 Å². The first kappa shape index (κ1) is 11.0. The van der Waals surface area contributed by atoms with Gasteiger partial charge < -0.3 is 9.73 Å². The third-order valence-electron chi connectivity index (χ3n) is 3.26. The Kier molecular flexibility index (Phi) is 3.25. The second kappa shape index (κ2) is 5.02. The van der Waals surface area contributed by atoms with Crippen LogP contribution in [-0.2, 0) is 12.8 Å². The lowest BCUT2D eigenvalue weighted by Gasteiger charge is -2.22. The zero-order valence-electron chi connectivity index (χ0n) is 9.69. The normalized spacial score (nSPS) is 19.2. The minimum atomic E-state index is 0.470. The summed E-state index contributed by atoms with van der Waals surface area (Å²) in [6.07, 6.45) is 8.22. The van der Waals surface area contributed by atoms with Crippen LogP contribution in [0.4, 0.5) is 0 Å². The molecule has 3 rings (SSSR count). The summed E-state index contributed by atoms with van der Waals surface area (Å²) in [6, 6.07) is 2.58. The average Bonchev–Trinajstić information content (AvgIpc) is 2.99. The maximum atomic E-state index is 5.49. The summed E-state index contributed by atoms with van der Waals surface area (Å²) in [6.45, 7) is 0.989. The molecule has 0 saturated carbocycles. The average molecular weight is 248 g/mol. The molecule has 2 aromatic heterocycles. The molecule has 0 bridgehead atoms. The van der Waals surface area contributed by atoms with Gasteiger partial charge in [0.2, 0.25) is 0 Å².